The van der Waals surface area contributed by atoms with Crippen LogP contribution in [0.2, 0.25) is 0 Å². The Balaban J connectivity index is 1.31. The highest BCUT2D eigenvalue weighted by atomic mass is 15.2. The average Bonchev–Trinajstić information content (AvgIpc) is 3.53. The second-order valence-electron chi connectivity index (χ2n) is 11.2. The summed E-state index contributed by atoms with van der Waals surface area (Å²) in [6.07, 6.45) is 6.29. The van der Waals surface area contributed by atoms with Gasteiger partial charge in [-0.2, -0.15) is 0 Å². The molecule has 0 fully saturated rings. The molecule has 9 rings (SSSR count). The summed E-state index contributed by atoms with van der Waals surface area (Å²) in [6, 6.07) is 45.0. The van der Waals surface area contributed by atoms with Gasteiger partial charge in [-0.25, -0.2) is 9.97 Å². The molecule has 0 N–H and O–H groups in total. The first-order valence-corrected chi connectivity index (χ1v) is 14.8. The minimum absolute atomic E-state index is 0.901. The van der Waals surface area contributed by atoms with Crippen molar-refractivity contribution in [1.82, 2.24) is 19.1 Å². The van der Waals surface area contributed by atoms with Crippen LogP contribution in [-0.2, 0) is 7.05 Å². The van der Waals surface area contributed by atoms with Gasteiger partial charge in [-0.1, -0.05) is 84.9 Å². The summed E-state index contributed by atoms with van der Waals surface area (Å²) in [5.74, 6) is 1.85. The number of pyridine rings is 1. The Morgan fingerprint density at radius 2 is 1.32 bits per heavy atom. The molecule has 0 saturated carbocycles. The Bertz CT molecular complexity index is 2410. The van der Waals surface area contributed by atoms with E-state index < -0.39 is 0 Å². The van der Waals surface area contributed by atoms with E-state index in [-0.39, 0.29) is 0 Å². The molecule has 1 aliphatic rings. The molecule has 0 spiro atoms. The van der Waals surface area contributed by atoms with Crippen LogP contribution in [0.15, 0.2) is 134 Å². The van der Waals surface area contributed by atoms with E-state index in [4.69, 9.17) is 9.97 Å². The molecule has 0 amide bonds. The average molecular weight is 566 g/mol. The van der Waals surface area contributed by atoms with Crippen LogP contribution >= 0.6 is 0 Å². The summed E-state index contributed by atoms with van der Waals surface area (Å²) in [6.45, 7) is 0. The molecule has 0 radical (unpaired) electrons. The zero-order chi connectivity index (χ0) is 29.2. The lowest BCUT2D eigenvalue weighted by molar-refractivity contribution is 0.959. The van der Waals surface area contributed by atoms with E-state index in [1.807, 2.05) is 24.4 Å². The Morgan fingerprint density at radius 3 is 2.18 bits per heavy atom. The van der Waals surface area contributed by atoms with Gasteiger partial charge in [0, 0.05) is 35.3 Å². The quantitative estimate of drug-likeness (QED) is 0.214. The maximum Gasteiger partial charge on any atom is 0.140 e. The van der Waals surface area contributed by atoms with Crippen molar-refractivity contribution in [2.24, 2.45) is 7.05 Å². The van der Waals surface area contributed by atoms with Crippen molar-refractivity contribution in [1.29, 1.82) is 0 Å². The number of aromatic nitrogens is 4. The maximum atomic E-state index is 5.02. The van der Waals surface area contributed by atoms with Crippen LogP contribution in [0.5, 0.6) is 0 Å². The van der Waals surface area contributed by atoms with Gasteiger partial charge in [0.15, 0.2) is 0 Å². The van der Waals surface area contributed by atoms with E-state index in [1.54, 1.807) is 0 Å². The molecule has 1 aliphatic heterocycles. The number of fused-ring (bicyclic) bond motifs is 6. The molecule has 5 aromatic carbocycles. The third-order valence-electron chi connectivity index (χ3n) is 8.73. The van der Waals surface area contributed by atoms with Crippen molar-refractivity contribution in [2.45, 2.75) is 0 Å². The largest absolute Gasteiger partial charge is 0.327 e. The zero-order valence-corrected chi connectivity index (χ0v) is 24.1. The summed E-state index contributed by atoms with van der Waals surface area (Å²) in [5, 5.41) is 2.41. The molecule has 0 aliphatic carbocycles. The Kier molecular flexibility index (Phi) is 5.34. The van der Waals surface area contributed by atoms with Crippen LogP contribution in [0.1, 0.15) is 11.1 Å². The van der Waals surface area contributed by atoms with E-state index in [2.05, 4.69) is 142 Å². The predicted molar refractivity (Wildman–Crippen MR) is 182 cm³/mol. The summed E-state index contributed by atoms with van der Waals surface area (Å²) in [4.78, 5) is 12.2. The minimum atomic E-state index is 0.901. The molecule has 0 bridgehead atoms. The number of anilines is 3. The summed E-state index contributed by atoms with van der Waals surface area (Å²) in [7, 11) is 2.09. The van der Waals surface area contributed by atoms with Gasteiger partial charge in [0.2, 0.25) is 0 Å². The van der Waals surface area contributed by atoms with Crippen LogP contribution < -0.4 is 4.90 Å². The molecular formula is C39H27N5. The summed E-state index contributed by atoms with van der Waals surface area (Å²) >= 11 is 0. The van der Waals surface area contributed by atoms with Crippen LogP contribution in [0.4, 0.5) is 17.1 Å². The zero-order valence-electron chi connectivity index (χ0n) is 24.1. The van der Waals surface area contributed by atoms with E-state index in [0.29, 0.717) is 0 Å². The molecule has 4 heterocycles. The minimum Gasteiger partial charge on any atom is -0.327 e. The molecule has 5 nitrogen and oxygen atoms in total. The maximum absolute atomic E-state index is 5.02. The Morgan fingerprint density at radius 1 is 0.568 bits per heavy atom. The topological polar surface area (TPSA) is 38.9 Å². The highest BCUT2D eigenvalue weighted by molar-refractivity contribution is 6.10. The van der Waals surface area contributed by atoms with E-state index >= 15 is 0 Å². The van der Waals surface area contributed by atoms with Gasteiger partial charge in [-0.15, -0.1) is 0 Å². The third-order valence-corrected chi connectivity index (χ3v) is 8.73. The lowest BCUT2D eigenvalue weighted by Crippen LogP contribution is -2.12. The summed E-state index contributed by atoms with van der Waals surface area (Å²) in [5.41, 5.74) is 11.1. The number of rotatable bonds is 3. The fourth-order valence-corrected chi connectivity index (χ4v) is 6.67. The SMILES string of the molecule is Cn1c(-c2ccc3c(c2)N(c2ccc4c5ccccc5n(-c5ccccn5)c4c2)c2ccccc2C=C3)nc2ccccc21. The van der Waals surface area contributed by atoms with Crippen LogP contribution in [-0.4, -0.2) is 19.1 Å². The van der Waals surface area contributed by atoms with Crippen molar-refractivity contribution in [3.8, 4) is 17.2 Å². The highest BCUT2D eigenvalue weighted by Crippen LogP contribution is 2.45. The van der Waals surface area contributed by atoms with Gasteiger partial charge in [0.25, 0.3) is 0 Å². The third kappa shape index (κ3) is 3.66. The number of benzene rings is 5. The molecule has 3 aromatic heterocycles. The lowest BCUT2D eigenvalue weighted by atomic mass is 10.1. The number of para-hydroxylation sites is 4. The molecular weight excluding hydrogens is 538 g/mol. The van der Waals surface area contributed by atoms with Gasteiger partial charge in [0.05, 0.1) is 33.4 Å². The first-order chi connectivity index (χ1) is 21.7. The molecule has 44 heavy (non-hydrogen) atoms. The van der Waals surface area contributed by atoms with Crippen LogP contribution in [0.25, 0.3) is 62.2 Å². The monoisotopic (exact) mass is 565 g/mol. The van der Waals surface area contributed by atoms with E-state index in [9.17, 15) is 0 Å². The summed E-state index contributed by atoms with van der Waals surface area (Å²) < 4.78 is 4.45. The van der Waals surface area contributed by atoms with Gasteiger partial charge in [0.1, 0.15) is 11.6 Å². The number of imidazole rings is 1. The van der Waals surface area contributed by atoms with Crippen LogP contribution in [0.3, 0.4) is 0 Å². The van der Waals surface area contributed by atoms with Gasteiger partial charge in [-0.3, -0.25) is 4.57 Å². The van der Waals surface area contributed by atoms with Gasteiger partial charge >= 0.3 is 0 Å². The molecule has 5 heteroatoms. The van der Waals surface area contributed by atoms with Crippen molar-refractivity contribution < 1.29 is 0 Å². The van der Waals surface area contributed by atoms with Crippen molar-refractivity contribution in [3.63, 3.8) is 0 Å². The van der Waals surface area contributed by atoms with Crippen molar-refractivity contribution >= 4 is 62.1 Å². The van der Waals surface area contributed by atoms with E-state index in [1.165, 1.54) is 16.3 Å². The Labute approximate surface area is 254 Å². The molecule has 0 saturated heterocycles. The number of hydrogen-bond acceptors (Lipinski definition) is 3. The normalized spacial score (nSPS) is 12.5. The molecule has 0 atom stereocenters. The lowest BCUT2D eigenvalue weighted by Gasteiger charge is -2.28. The number of nitrogens with zero attached hydrogens (tertiary/aromatic N) is 5. The van der Waals surface area contributed by atoms with E-state index in [0.717, 1.165) is 61.9 Å². The second-order valence-corrected chi connectivity index (χ2v) is 11.2. The van der Waals surface area contributed by atoms with Crippen molar-refractivity contribution in [3.05, 3.63) is 145 Å². The van der Waals surface area contributed by atoms with Crippen molar-refractivity contribution in [2.75, 3.05) is 4.90 Å². The first-order valence-electron chi connectivity index (χ1n) is 14.8. The van der Waals surface area contributed by atoms with Gasteiger partial charge < -0.3 is 9.47 Å². The molecule has 8 aromatic rings. The highest BCUT2D eigenvalue weighted by Gasteiger charge is 2.23. The predicted octanol–water partition coefficient (Wildman–Crippen LogP) is 9.69. The molecule has 208 valence electrons. The smallest absolute Gasteiger partial charge is 0.140 e. The second kappa shape index (κ2) is 9.54. The molecule has 0 unspecified atom stereocenters. The standard InChI is InChI=1S/C39H27N5/c1-42-35-15-7-4-12-32(35)41-39(42)28-20-19-27-18-17-26-10-2-5-13-33(26)43(36(27)24-28)29-21-22-31-30-11-3-6-14-34(30)44(37(31)25-29)38-16-8-9-23-40-38/h2-25H,1H3. The Hall–Kier alpha value is -5.94. The fourth-order valence-electron chi connectivity index (χ4n) is 6.67. The fraction of sp³-hybridized carbons (Fsp3) is 0.0256. The first kappa shape index (κ1) is 24.6. The van der Waals surface area contributed by atoms with Crippen LogP contribution in [0, 0.1) is 0 Å². The van der Waals surface area contributed by atoms with Gasteiger partial charge in [-0.05, 0) is 65.7 Å². The number of hydrogen-bond donors (Lipinski definition) is 0. The number of aryl methyl sites for hydroxylation is 1.